The monoisotopic (exact) mass is 279 g/mol. The van der Waals surface area contributed by atoms with Crippen molar-refractivity contribution < 1.29 is 19.1 Å². The fourth-order valence-electron chi connectivity index (χ4n) is 1.87. The van der Waals surface area contributed by atoms with Crippen LogP contribution in [-0.2, 0) is 16.0 Å². The topological polar surface area (TPSA) is 66.4 Å². The van der Waals surface area contributed by atoms with Crippen LogP contribution in [0.5, 0.6) is 0 Å². The van der Waals surface area contributed by atoms with Gasteiger partial charge >= 0.3 is 5.97 Å². The Labute approximate surface area is 117 Å². The van der Waals surface area contributed by atoms with E-state index in [0.717, 1.165) is 0 Å². The summed E-state index contributed by atoms with van der Waals surface area (Å²) < 4.78 is 13.1. The number of halogens is 1. The van der Waals surface area contributed by atoms with Gasteiger partial charge in [0.1, 0.15) is 5.82 Å². The first kappa shape index (κ1) is 15.9. The summed E-state index contributed by atoms with van der Waals surface area (Å²) in [6.07, 6.45) is 2.51. The first-order valence-electron chi connectivity index (χ1n) is 6.37. The van der Waals surface area contributed by atoms with Crippen LogP contribution in [0.2, 0.25) is 0 Å². The number of hydrogen-bond acceptors (Lipinski definition) is 2. The molecule has 0 radical (unpaired) electrons. The zero-order valence-electron chi connectivity index (χ0n) is 11.1. The highest BCUT2D eigenvalue weighted by atomic mass is 19.1. The summed E-state index contributed by atoms with van der Waals surface area (Å²) in [6.45, 7) is 3.52. The second-order valence-electron chi connectivity index (χ2n) is 4.52. The lowest BCUT2D eigenvalue weighted by molar-refractivity contribution is -0.137. The Morgan fingerprint density at radius 3 is 2.80 bits per heavy atom. The van der Waals surface area contributed by atoms with Crippen molar-refractivity contribution in [1.82, 2.24) is 5.32 Å². The first-order valence-corrected chi connectivity index (χ1v) is 6.37. The minimum Gasteiger partial charge on any atom is -0.481 e. The molecule has 1 atom stereocenters. The van der Waals surface area contributed by atoms with Crippen LogP contribution >= 0.6 is 0 Å². The van der Waals surface area contributed by atoms with Crippen LogP contribution in [0, 0.1) is 5.82 Å². The maximum absolute atomic E-state index is 13.1. The Balaban J connectivity index is 2.66. The molecule has 0 aromatic heterocycles. The molecule has 0 saturated heterocycles. The second kappa shape index (κ2) is 8.09. The standard InChI is InChI=1S/C15H18FNO3/c1-2-3-7-14(18)17-13(10-15(19)20)9-11-5-4-6-12(16)8-11/h2,4-6,8,13H,1,3,7,9-10H2,(H,17,18)(H,19,20)/t13-/m0/s1. The molecule has 0 spiro atoms. The number of carbonyl (C=O) groups excluding carboxylic acids is 1. The van der Waals surface area contributed by atoms with Gasteiger partial charge in [-0.1, -0.05) is 18.2 Å². The zero-order valence-corrected chi connectivity index (χ0v) is 11.1. The van der Waals surface area contributed by atoms with E-state index in [0.29, 0.717) is 12.0 Å². The summed E-state index contributed by atoms with van der Waals surface area (Å²) in [5.74, 6) is -1.61. The normalized spacial score (nSPS) is 11.7. The number of benzene rings is 1. The fourth-order valence-corrected chi connectivity index (χ4v) is 1.87. The predicted octanol–water partition coefficient (Wildman–Crippen LogP) is 2.29. The summed E-state index contributed by atoms with van der Waals surface area (Å²) in [6, 6.07) is 5.37. The predicted molar refractivity (Wildman–Crippen MR) is 73.7 cm³/mol. The third-order valence-corrected chi connectivity index (χ3v) is 2.73. The van der Waals surface area contributed by atoms with E-state index >= 15 is 0 Å². The summed E-state index contributed by atoms with van der Waals surface area (Å²) >= 11 is 0. The molecular formula is C15H18FNO3. The highest BCUT2D eigenvalue weighted by Crippen LogP contribution is 2.09. The Bertz CT molecular complexity index is 488. The molecule has 0 aliphatic heterocycles. The number of carbonyl (C=O) groups is 2. The number of carboxylic acids is 1. The lowest BCUT2D eigenvalue weighted by Crippen LogP contribution is -2.37. The van der Waals surface area contributed by atoms with Crippen LogP contribution in [0.25, 0.3) is 0 Å². The molecule has 0 bridgehead atoms. The summed E-state index contributed by atoms with van der Waals surface area (Å²) in [4.78, 5) is 22.4. The molecule has 2 N–H and O–H groups in total. The minimum absolute atomic E-state index is 0.198. The van der Waals surface area contributed by atoms with E-state index in [1.54, 1.807) is 18.2 Å². The number of rotatable bonds is 8. The van der Waals surface area contributed by atoms with Crippen molar-refractivity contribution in [2.24, 2.45) is 0 Å². The largest absolute Gasteiger partial charge is 0.481 e. The van der Waals surface area contributed by atoms with E-state index in [2.05, 4.69) is 11.9 Å². The van der Waals surface area contributed by atoms with Crippen LogP contribution in [0.15, 0.2) is 36.9 Å². The van der Waals surface area contributed by atoms with Gasteiger partial charge in [-0.25, -0.2) is 4.39 Å². The van der Waals surface area contributed by atoms with Gasteiger partial charge in [-0.05, 0) is 30.5 Å². The second-order valence-corrected chi connectivity index (χ2v) is 4.52. The van der Waals surface area contributed by atoms with E-state index in [1.165, 1.54) is 12.1 Å². The summed E-state index contributed by atoms with van der Waals surface area (Å²) in [5.41, 5.74) is 0.653. The molecule has 108 valence electrons. The van der Waals surface area contributed by atoms with Gasteiger partial charge < -0.3 is 10.4 Å². The molecule has 1 aromatic rings. The van der Waals surface area contributed by atoms with Gasteiger partial charge in [0.15, 0.2) is 0 Å². The first-order chi connectivity index (χ1) is 9.51. The van der Waals surface area contributed by atoms with E-state index < -0.39 is 12.0 Å². The van der Waals surface area contributed by atoms with Crippen molar-refractivity contribution in [3.63, 3.8) is 0 Å². The van der Waals surface area contributed by atoms with E-state index in [-0.39, 0.29) is 31.0 Å². The summed E-state index contributed by atoms with van der Waals surface area (Å²) in [5, 5.41) is 11.5. The molecule has 20 heavy (non-hydrogen) atoms. The molecule has 0 fully saturated rings. The van der Waals surface area contributed by atoms with E-state index in [4.69, 9.17) is 5.11 Å². The maximum atomic E-state index is 13.1. The van der Waals surface area contributed by atoms with Crippen LogP contribution in [0.1, 0.15) is 24.8 Å². The minimum atomic E-state index is -1.00. The van der Waals surface area contributed by atoms with Crippen molar-refractivity contribution >= 4 is 11.9 Å². The van der Waals surface area contributed by atoms with Crippen molar-refractivity contribution in [1.29, 1.82) is 0 Å². The number of aliphatic carboxylic acids is 1. The van der Waals surface area contributed by atoms with Crippen molar-refractivity contribution in [2.75, 3.05) is 0 Å². The number of hydrogen-bond donors (Lipinski definition) is 2. The zero-order chi connectivity index (χ0) is 15.0. The van der Waals surface area contributed by atoms with Gasteiger partial charge in [0.2, 0.25) is 5.91 Å². The molecule has 1 rings (SSSR count). The molecular weight excluding hydrogens is 261 g/mol. The molecule has 0 heterocycles. The molecule has 1 amide bonds. The van der Waals surface area contributed by atoms with Crippen LogP contribution < -0.4 is 5.32 Å². The molecule has 4 nitrogen and oxygen atoms in total. The number of carboxylic acid groups (broad SMARTS) is 1. The Morgan fingerprint density at radius 1 is 1.45 bits per heavy atom. The Morgan fingerprint density at radius 2 is 2.20 bits per heavy atom. The molecule has 0 aliphatic carbocycles. The maximum Gasteiger partial charge on any atom is 0.305 e. The fraction of sp³-hybridized carbons (Fsp3) is 0.333. The van der Waals surface area contributed by atoms with E-state index in [1.807, 2.05) is 0 Å². The highest BCUT2D eigenvalue weighted by Gasteiger charge is 2.16. The van der Waals surface area contributed by atoms with Crippen molar-refractivity contribution in [3.05, 3.63) is 48.3 Å². The van der Waals surface area contributed by atoms with Gasteiger partial charge in [-0.2, -0.15) is 0 Å². The van der Waals surface area contributed by atoms with E-state index in [9.17, 15) is 14.0 Å². The smallest absolute Gasteiger partial charge is 0.305 e. The van der Waals surface area contributed by atoms with Crippen molar-refractivity contribution in [3.8, 4) is 0 Å². The van der Waals surface area contributed by atoms with Crippen molar-refractivity contribution in [2.45, 2.75) is 31.7 Å². The van der Waals surface area contributed by atoms with Gasteiger partial charge in [-0.15, -0.1) is 6.58 Å². The summed E-state index contributed by atoms with van der Waals surface area (Å²) in [7, 11) is 0. The Hall–Kier alpha value is -2.17. The molecule has 0 saturated carbocycles. The molecule has 1 aromatic carbocycles. The Kier molecular flexibility index (Phi) is 6.43. The van der Waals surface area contributed by atoms with Crippen LogP contribution in [0.4, 0.5) is 4.39 Å². The molecule has 0 aliphatic rings. The number of amides is 1. The molecule has 0 unspecified atom stereocenters. The quantitative estimate of drug-likeness (QED) is 0.717. The highest BCUT2D eigenvalue weighted by molar-refractivity contribution is 5.77. The number of allylic oxidation sites excluding steroid dienone is 1. The number of nitrogens with one attached hydrogen (secondary N) is 1. The van der Waals surface area contributed by atoms with Gasteiger partial charge in [0.05, 0.1) is 6.42 Å². The van der Waals surface area contributed by atoms with Gasteiger partial charge in [0.25, 0.3) is 0 Å². The third-order valence-electron chi connectivity index (χ3n) is 2.73. The van der Waals surface area contributed by atoms with Crippen LogP contribution in [-0.4, -0.2) is 23.0 Å². The van der Waals surface area contributed by atoms with Gasteiger partial charge in [-0.3, -0.25) is 9.59 Å². The lowest BCUT2D eigenvalue weighted by Gasteiger charge is -2.17. The van der Waals surface area contributed by atoms with Crippen LogP contribution in [0.3, 0.4) is 0 Å². The SMILES string of the molecule is C=CCCC(=O)N[C@H](CC(=O)O)Cc1cccc(F)c1. The van der Waals surface area contributed by atoms with Gasteiger partial charge in [0, 0.05) is 12.5 Å². The third kappa shape index (κ3) is 6.13. The average Bonchev–Trinajstić information content (AvgIpc) is 2.35. The molecule has 5 heteroatoms. The average molecular weight is 279 g/mol. The lowest BCUT2D eigenvalue weighted by atomic mass is 10.0.